The zero-order valence-electron chi connectivity index (χ0n) is 6.99. The van der Waals surface area contributed by atoms with Gasteiger partial charge in [-0.25, -0.2) is 4.98 Å². The molecule has 0 spiro atoms. The molecule has 0 aromatic carbocycles. The van der Waals surface area contributed by atoms with Gasteiger partial charge in [-0.1, -0.05) is 0 Å². The number of hydrogen-bond donors (Lipinski definition) is 0. The highest BCUT2D eigenvalue weighted by atomic mass is 16.1. The molecule has 0 radical (unpaired) electrons. The molecule has 1 aliphatic rings. The Morgan fingerprint density at radius 3 is 3.08 bits per heavy atom. The monoisotopic (exact) mass is 164 g/mol. The van der Waals surface area contributed by atoms with Crippen LogP contribution in [0.25, 0.3) is 0 Å². The second kappa shape index (κ2) is 3.09. The normalized spacial score (nSPS) is 18.2. The number of carbonyl (C=O) groups is 1. The van der Waals surface area contributed by atoms with Crippen LogP contribution in [0.5, 0.6) is 0 Å². The van der Waals surface area contributed by atoms with Crippen LogP contribution in [0.2, 0.25) is 0 Å². The van der Waals surface area contributed by atoms with E-state index in [0.717, 1.165) is 31.4 Å². The van der Waals surface area contributed by atoms with Gasteiger partial charge in [0, 0.05) is 12.6 Å². The predicted molar refractivity (Wildman–Crippen MR) is 44.8 cm³/mol. The van der Waals surface area contributed by atoms with Crippen LogP contribution in [0.15, 0.2) is 12.5 Å². The van der Waals surface area contributed by atoms with Gasteiger partial charge >= 0.3 is 0 Å². The molecule has 0 aliphatic carbocycles. The molecular weight excluding hydrogens is 152 g/mol. The third-order valence-electron chi connectivity index (χ3n) is 2.18. The molecule has 0 saturated carbocycles. The van der Waals surface area contributed by atoms with Crippen LogP contribution in [0.4, 0.5) is 0 Å². The molecule has 0 fully saturated rings. The first-order chi connectivity index (χ1) is 5.84. The van der Waals surface area contributed by atoms with Crippen molar-refractivity contribution in [2.45, 2.75) is 32.2 Å². The number of carbonyl (C=O) groups excluding carboxylic acids is 1. The van der Waals surface area contributed by atoms with E-state index in [1.807, 2.05) is 10.8 Å². The number of aryl methyl sites for hydroxylation is 1. The van der Waals surface area contributed by atoms with Crippen LogP contribution in [0, 0.1) is 0 Å². The van der Waals surface area contributed by atoms with Crippen molar-refractivity contribution < 1.29 is 4.79 Å². The number of hydrogen-bond acceptors (Lipinski definition) is 2. The zero-order valence-corrected chi connectivity index (χ0v) is 6.99. The first-order valence-corrected chi connectivity index (χ1v) is 4.37. The van der Waals surface area contributed by atoms with Gasteiger partial charge in [-0.05, 0) is 19.3 Å². The zero-order chi connectivity index (χ0) is 8.39. The number of nitrogens with zero attached hydrogens (tertiary/aromatic N) is 2. The Morgan fingerprint density at radius 1 is 1.33 bits per heavy atom. The van der Waals surface area contributed by atoms with Crippen molar-refractivity contribution in [3.8, 4) is 0 Å². The largest absolute Gasteiger partial charge is 0.330 e. The van der Waals surface area contributed by atoms with Crippen molar-refractivity contribution in [2.24, 2.45) is 0 Å². The average Bonchev–Trinajstić information content (AvgIpc) is 2.49. The number of rotatable bonds is 0. The van der Waals surface area contributed by atoms with E-state index in [1.165, 1.54) is 0 Å². The Balaban J connectivity index is 2.21. The number of fused-ring (bicyclic) bond motifs is 2. The summed E-state index contributed by atoms with van der Waals surface area (Å²) in [6.07, 6.45) is 7.57. The molecule has 0 saturated heterocycles. The minimum atomic E-state index is 0.320. The van der Waals surface area contributed by atoms with Crippen LogP contribution in [-0.2, 0) is 17.8 Å². The van der Waals surface area contributed by atoms with Crippen molar-refractivity contribution in [3.63, 3.8) is 0 Å². The predicted octanol–water partition coefficient (Wildman–Crippen LogP) is 1.18. The van der Waals surface area contributed by atoms with Gasteiger partial charge in [0.1, 0.15) is 0 Å². The quantitative estimate of drug-likeness (QED) is 0.577. The maximum atomic E-state index is 11.2. The number of Topliss-reactive ketones (excluding diaryl/α,β-unsaturated/α-hetero) is 1. The Kier molecular flexibility index (Phi) is 1.94. The summed E-state index contributed by atoms with van der Waals surface area (Å²) in [6.45, 7) is 0.507. The Hall–Kier alpha value is -1.12. The first kappa shape index (κ1) is 7.53. The molecule has 2 rings (SSSR count). The topological polar surface area (TPSA) is 34.9 Å². The van der Waals surface area contributed by atoms with Crippen molar-refractivity contribution in [1.29, 1.82) is 0 Å². The van der Waals surface area contributed by atoms with Crippen LogP contribution < -0.4 is 0 Å². The Labute approximate surface area is 71.4 Å². The van der Waals surface area contributed by atoms with E-state index in [1.54, 1.807) is 6.33 Å². The fourth-order valence-electron chi connectivity index (χ4n) is 1.53. The highest BCUT2D eigenvalue weighted by molar-refractivity contribution is 5.78. The van der Waals surface area contributed by atoms with E-state index in [9.17, 15) is 4.79 Å². The molecule has 0 amide bonds. The third kappa shape index (κ3) is 1.55. The van der Waals surface area contributed by atoms with Crippen molar-refractivity contribution in [1.82, 2.24) is 9.55 Å². The lowest BCUT2D eigenvalue weighted by molar-refractivity contribution is -0.119. The van der Waals surface area contributed by atoms with Gasteiger partial charge in [0.05, 0.1) is 18.6 Å². The summed E-state index contributed by atoms with van der Waals surface area (Å²) >= 11 is 0. The van der Waals surface area contributed by atoms with E-state index in [0.29, 0.717) is 12.3 Å². The molecule has 1 aromatic heterocycles. The molecule has 12 heavy (non-hydrogen) atoms. The maximum Gasteiger partial charge on any atom is 0.152 e. The van der Waals surface area contributed by atoms with Gasteiger partial charge < -0.3 is 4.57 Å². The smallest absolute Gasteiger partial charge is 0.152 e. The summed E-state index contributed by atoms with van der Waals surface area (Å²) < 4.78 is 1.88. The SMILES string of the molecule is O=C1CCCCc2cn(cn2)C1. The minimum absolute atomic E-state index is 0.320. The fraction of sp³-hybridized carbons (Fsp3) is 0.556. The van der Waals surface area contributed by atoms with Crippen LogP contribution >= 0.6 is 0 Å². The highest BCUT2D eigenvalue weighted by Crippen LogP contribution is 2.08. The molecular formula is C9H12N2O. The Morgan fingerprint density at radius 2 is 2.17 bits per heavy atom. The highest BCUT2D eigenvalue weighted by Gasteiger charge is 2.07. The summed E-state index contributed by atoms with van der Waals surface area (Å²) in [5.74, 6) is 0.320. The standard InChI is InChI=1S/C9H12N2O/c12-9-4-2-1-3-8-5-11(6-9)7-10-8/h5,7H,1-4,6H2. The lowest BCUT2D eigenvalue weighted by Crippen LogP contribution is -2.07. The lowest BCUT2D eigenvalue weighted by Gasteiger charge is -1.99. The molecule has 0 N–H and O–H groups in total. The van der Waals surface area contributed by atoms with E-state index < -0.39 is 0 Å². The summed E-state index contributed by atoms with van der Waals surface area (Å²) in [6, 6.07) is 0. The second-order valence-electron chi connectivity index (χ2n) is 3.28. The molecule has 0 atom stereocenters. The summed E-state index contributed by atoms with van der Waals surface area (Å²) in [7, 11) is 0. The molecule has 2 heterocycles. The number of ketones is 1. The molecule has 1 aromatic rings. The van der Waals surface area contributed by atoms with Gasteiger partial charge in [-0.15, -0.1) is 0 Å². The van der Waals surface area contributed by atoms with Gasteiger partial charge in [0.2, 0.25) is 0 Å². The second-order valence-corrected chi connectivity index (χ2v) is 3.28. The maximum absolute atomic E-state index is 11.2. The van der Waals surface area contributed by atoms with Crippen molar-refractivity contribution in [2.75, 3.05) is 0 Å². The van der Waals surface area contributed by atoms with Crippen LogP contribution in [0.3, 0.4) is 0 Å². The average molecular weight is 164 g/mol. The van der Waals surface area contributed by atoms with Gasteiger partial charge in [0.25, 0.3) is 0 Å². The summed E-state index contributed by atoms with van der Waals surface area (Å²) in [4.78, 5) is 15.4. The molecule has 3 heteroatoms. The first-order valence-electron chi connectivity index (χ1n) is 4.37. The van der Waals surface area contributed by atoms with E-state index >= 15 is 0 Å². The minimum Gasteiger partial charge on any atom is -0.330 e. The van der Waals surface area contributed by atoms with E-state index in [4.69, 9.17) is 0 Å². The van der Waals surface area contributed by atoms with Crippen LogP contribution in [0.1, 0.15) is 25.0 Å². The number of imidazole rings is 1. The lowest BCUT2D eigenvalue weighted by atomic mass is 10.1. The van der Waals surface area contributed by atoms with Crippen molar-refractivity contribution in [3.05, 3.63) is 18.2 Å². The molecule has 64 valence electrons. The molecule has 1 aliphatic heterocycles. The van der Waals surface area contributed by atoms with Gasteiger partial charge in [-0.3, -0.25) is 4.79 Å². The fourth-order valence-corrected chi connectivity index (χ4v) is 1.53. The summed E-state index contributed by atoms with van der Waals surface area (Å²) in [5, 5.41) is 0. The molecule has 3 nitrogen and oxygen atoms in total. The molecule has 0 unspecified atom stereocenters. The van der Waals surface area contributed by atoms with Gasteiger partial charge in [0.15, 0.2) is 5.78 Å². The van der Waals surface area contributed by atoms with Gasteiger partial charge in [-0.2, -0.15) is 0 Å². The van der Waals surface area contributed by atoms with E-state index in [-0.39, 0.29) is 0 Å². The number of aromatic nitrogens is 2. The third-order valence-corrected chi connectivity index (χ3v) is 2.18. The summed E-state index contributed by atoms with van der Waals surface area (Å²) in [5.41, 5.74) is 1.12. The molecule has 2 bridgehead atoms. The van der Waals surface area contributed by atoms with E-state index in [2.05, 4.69) is 4.98 Å². The Bertz CT molecular complexity index is 290. The van der Waals surface area contributed by atoms with Crippen molar-refractivity contribution >= 4 is 5.78 Å². The van der Waals surface area contributed by atoms with Crippen LogP contribution in [-0.4, -0.2) is 15.3 Å².